The van der Waals surface area contributed by atoms with Crippen LogP contribution >= 0.6 is 0 Å². The smallest absolute Gasteiger partial charge is 0.281 e. The summed E-state index contributed by atoms with van der Waals surface area (Å²) in [6.07, 6.45) is 9.11. The van der Waals surface area contributed by atoms with Gasteiger partial charge in [-0.1, -0.05) is 30.7 Å². The Balaban J connectivity index is 1.49. The Bertz CT molecular complexity index is 1180. The van der Waals surface area contributed by atoms with Gasteiger partial charge in [0.1, 0.15) is 5.84 Å². The van der Waals surface area contributed by atoms with Crippen LogP contribution in [0, 0.1) is 0 Å². The summed E-state index contributed by atoms with van der Waals surface area (Å²) in [6.45, 7) is 2.34. The van der Waals surface area contributed by atoms with Gasteiger partial charge in [-0.15, -0.1) is 0 Å². The van der Waals surface area contributed by atoms with E-state index in [1.165, 1.54) is 13.1 Å². The Kier molecular flexibility index (Phi) is 6.16. The van der Waals surface area contributed by atoms with Gasteiger partial charge in [-0.25, -0.2) is 9.97 Å². The predicted molar refractivity (Wildman–Crippen MR) is 124 cm³/mol. The number of nitrogen functional groups attached to an aromatic ring is 1. The maximum atomic E-state index is 12.7. The van der Waals surface area contributed by atoms with Crippen molar-refractivity contribution in [3.63, 3.8) is 0 Å². The number of amidine groups is 1. The summed E-state index contributed by atoms with van der Waals surface area (Å²) in [4.78, 5) is 36.0. The summed E-state index contributed by atoms with van der Waals surface area (Å²) in [5, 5.41) is 6.85. The van der Waals surface area contributed by atoms with Crippen molar-refractivity contribution in [2.75, 3.05) is 12.3 Å². The number of anilines is 1. The highest BCUT2D eigenvalue weighted by Gasteiger charge is 2.42. The molecule has 33 heavy (non-hydrogen) atoms. The van der Waals surface area contributed by atoms with Crippen LogP contribution in [0.3, 0.4) is 0 Å². The monoisotopic (exact) mass is 446 g/mol. The topological polar surface area (TPSA) is 154 Å². The van der Waals surface area contributed by atoms with E-state index in [9.17, 15) is 9.59 Å². The molecule has 10 nitrogen and oxygen atoms in total. The third-order valence-electron chi connectivity index (χ3n) is 5.96. The highest BCUT2D eigenvalue weighted by Crippen LogP contribution is 2.44. The molecule has 0 aliphatic heterocycles. The van der Waals surface area contributed by atoms with E-state index in [2.05, 4.69) is 25.4 Å². The Labute approximate surface area is 191 Å². The molecule has 1 aliphatic carbocycles. The number of nitrogens with zero attached hydrogens (tertiary/aromatic N) is 5. The summed E-state index contributed by atoms with van der Waals surface area (Å²) in [5.74, 6) is 0.000631. The first-order valence-electron chi connectivity index (χ1n) is 10.7. The molecule has 10 heteroatoms. The summed E-state index contributed by atoms with van der Waals surface area (Å²) >= 11 is 0. The van der Waals surface area contributed by atoms with Gasteiger partial charge >= 0.3 is 0 Å². The van der Waals surface area contributed by atoms with E-state index in [0.29, 0.717) is 24.5 Å². The molecule has 1 aliphatic rings. The second-order valence-corrected chi connectivity index (χ2v) is 8.12. The molecule has 0 unspecified atom stereocenters. The van der Waals surface area contributed by atoms with Crippen molar-refractivity contribution in [3.05, 3.63) is 60.2 Å². The van der Waals surface area contributed by atoms with Crippen molar-refractivity contribution in [2.24, 2.45) is 10.7 Å². The minimum absolute atomic E-state index is 0.114. The van der Waals surface area contributed by atoms with Crippen LogP contribution in [0.25, 0.3) is 11.1 Å². The number of carbonyl (C=O) groups is 2. The molecule has 4 rings (SSSR count). The molecule has 1 fully saturated rings. The van der Waals surface area contributed by atoms with Gasteiger partial charge < -0.3 is 16.8 Å². The number of hydrogen-bond donors (Lipinski definition) is 3. The highest BCUT2D eigenvalue weighted by molar-refractivity contribution is 6.06. The zero-order valence-electron chi connectivity index (χ0n) is 18.4. The van der Waals surface area contributed by atoms with E-state index in [4.69, 9.17) is 11.5 Å². The van der Waals surface area contributed by atoms with Crippen LogP contribution in [0.15, 0.2) is 54.0 Å². The summed E-state index contributed by atoms with van der Waals surface area (Å²) in [6, 6.07) is 7.99. The summed E-state index contributed by atoms with van der Waals surface area (Å²) in [7, 11) is 0. The van der Waals surface area contributed by atoms with Gasteiger partial charge in [-0.3, -0.25) is 14.3 Å². The van der Waals surface area contributed by atoms with Crippen LogP contribution in [0.1, 0.15) is 42.1 Å². The SMILES string of the molecule is CC(=O)NCCn1cc(C(=O)N=C(N)C2(c3ccc(-c4cnc(N)nc4)cc3)CCC2)cn1. The molecule has 0 spiro atoms. The van der Waals surface area contributed by atoms with Crippen LogP contribution in [0.5, 0.6) is 0 Å². The van der Waals surface area contributed by atoms with Crippen LogP contribution in [0.2, 0.25) is 0 Å². The largest absolute Gasteiger partial charge is 0.386 e. The number of hydrogen-bond acceptors (Lipinski definition) is 6. The van der Waals surface area contributed by atoms with Gasteiger partial charge in [-0.05, 0) is 24.0 Å². The van der Waals surface area contributed by atoms with E-state index < -0.39 is 11.3 Å². The Morgan fingerprint density at radius 3 is 2.42 bits per heavy atom. The molecule has 5 N–H and O–H groups in total. The summed E-state index contributed by atoms with van der Waals surface area (Å²) < 4.78 is 1.59. The van der Waals surface area contributed by atoms with E-state index in [1.54, 1.807) is 23.3 Å². The van der Waals surface area contributed by atoms with Crippen molar-refractivity contribution in [1.29, 1.82) is 0 Å². The van der Waals surface area contributed by atoms with Crippen molar-refractivity contribution >= 4 is 23.6 Å². The molecule has 2 heterocycles. The molecule has 1 saturated carbocycles. The predicted octanol–water partition coefficient (Wildman–Crippen LogP) is 1.68. The van der Waals surface area contributed by atoms with Gasteiger partial charge in [0.2, 0.25) is 11.9 Å². The maximum Gasteiger partial charge on any atom is 0.281 e. The van der Waals surface area contributed by atoms with E-state index in [-0.39, 0.29) is 11.9 Å². The number of nitrogens with one attached hydrogen (secondary N) is 1. The molecule has 3 aromatic rings. The minimum Gasteiger partial charge on any atom is -0.386 e. The van der Waals surface area contributed by atoms with Crippen molar-refractivity contribution in [3.8, 4) is 11.1 Å². The number of benzene rings is 1. The third kappa shape index (κ3) is 4.74. The van der Waals surface area contributed by atoms with E-state index in [1.807, 2.05) is 24.3 Å². The number of nitrogens with two attached hydrogens (primary N) is 2. The molecule has 0 atom stereocenters. The molecule has 2 amide bonds. The van der Waals surface area contributed by atoms with E-state index >= 15 is 0 Å². The zero-order valence-corrected chi connectivity index (χ0v) is 18.4. The van der Waals surface area contributed by atoms with Crippen molar-refractivity contribution in [2.45, 2.75) is 38.1 Å². The van der Waals surface area contributed by atoms with Gasteiger partial charge in [0.15, 0.2) is 0 Å². The lowest BCUT2D eigenvalue weighted by molar-refractivity contribution is -0.118. The fourth-order valence-corrected chi connectivity index (χ4v) is 3.92. The van der Waals surface area contributed by atoms with Crippen LogP contribution in [-0.4, -0.2) is 43.9 Å². The Hall–Kier alpha value is -4.08. The number of aromatic nitrogens is 4. The van der Waals surface area contributed by atoms with Crippen molar-refractivity contribution < 1.29 is 9.59 Å². The average molecular weight is 447 g/mol. The highest BCUT2D eigenvalue weighted by atomic mass is 16.2. The van der Waals surface area contributed by atoms with Crippen LogP contribution in [0.4, 0.5) is 5.95 Å². The number of rotatable bonds is 7. The molecule has 0 bridgehead atoms. The Morgan fingerprint density at radius 1 is 1.12 bits per heavy atom. The fourth-order valence-electron chi connectivity index (χ4n) is 3.92. The molecule has 170 valence electrons. The molecule has 1 aromatic carbocycles. The fraction of sp³-hybridized carbons (Fsp3) is 0.304. The molecular formula is C23H26N8O2. The lowest BCUT2D eigenvalue weighted by Gasteiger charge is -2.41. The first kappa shape index (κ1) is 22.1. The average Bonchev–Trinajstić information content (AvgIpc) is 3.23. The molecule has 2 aromatic heterocycles. The van der Waals surface area contributed by atoms with Gasteiger partial charge in [-0.2, -0.15) is 10.1 Å². The minimum atomic E-state index is -0.451. The summed E-state index contributed by atoms with van der Waals surface area (Å²) in [5.41, 5.74) is 14.7. The number of carbonyl (C=O) groups excluding carboxylic acids is 2. The van der Waals surface area contributed by atoms with Gasteiger partial charge in [0, 0.05) is 37.6 Å². The van der Waals surface area contributed by atoms with E-state index in [0.717, 1.165) is 36.0 Å². The quantitative estimate of drug-likeness (QED) is 0.368. The second kappa shape index (κ2) is 9.19. The Morgan fingerprint density at radius 2 is 1.82 bits per heavy atom. The molecule has 0 radical (unpaired) electrons. The molecule has 0 saturated heterocycles. The number of amides is 2. The maximum absolute atomic E-state index is 12.7. The van der Waals surface area contributed by atoms with Crippen molar-refractivity contribution in [1.82, 2.24) is 25.1 Å². The lowest BCUT2D eigenvalue weighted by atomic mass is 9.63. The number of aliphatic imine (C=N–C) groups is 1. The van der Waals surface area contributed by atoms with Crippen LogP contribution in [-0.2, 0) is 16.8 Å². The second-order valence-electron chi connectivity index (χ2n) is 8.12. The molecular weight excluding hydrogens is 420 g/mol. The zero-order chi connectivity index (χ0) is 23.4. The normalized spacial score (nSPS) is 15.0. The first-order valence-corrected chi connectivity index (χ1v) is 10.7. The van der Waals surface area contributed by atoms with Gasteiger partial charge in [0.05, 0.1) is 23.7 Å². The van der Waals surface area contributed by atoms with Crippen LogP contribution < -0.4 is 16.8 Å². The third-order valence-corrected chi connectivity index (χ3v) is 5.96. The van der Waals surface area contributed by atoms with Gasteiger partial charge in [0.25, 0.3) is 5.91 Å². The first-order chi connectivity index (χ1) is 15.9. The standard InChI is InChI=1S/C23H26N8O2/c1-15(32)26-9-10-31-14-18(13-29-31)20(33)30-21(24)23(7-2-8-23)19-5-3-16(4-6-19)17-11-27-22(25)28-12-17/h3-6,11-14H,2,7-10H2,1H3,(H,26,32)(H2,24,30,33)(H2,25,27,28). The lowest BCUT2D eigenvalue weighted by Crippen LogP contribution is -2.47.